The molecule has 4 atom stereocenters. The minimum absolute atomic E-state index is 0.00812. The van der Waals surface area contributed by atoms with Gasteiger partial charge in [0.15, 0.2) is 0 Å². The van der Waals surface area contributed by atoms with Crippen LogP contribution in [0.4, 0.5) is 4.79 Å². The number of carbonyl (C=O) groups excluding carboxylic acids is 6. The second-order valence-electron chi connectivity index (χ2n) is 14.7. The largest absolute Gasteiger partial charge is 0.450 e. The number of fused-ring (bicyclic) bond motifs is 1. The number of hydrogen-bond donors (Lipinski definition) is 5. The predicted molar refractivity (Wildman–Crippen MR) is 194 cm³/mol. The van der Waals surface area contributed by atoms with Crippen molar-refractivity contribution < 1.29 is 38.6 Å². The third kappa shape index (κ3) is 9.94. The Labute approximate surface area is 312 Å². The smallest absolute Gasteiger partial charge is 0.404 e. The van der Waals surface area contributed by atoms with Crippen molar-refractivity contribution in [2.75, 3.05) is 13.2 Å². The maximum Gasteiger partial charge on any atom is 0.404 e. The zero-order valence-corrected chi connectivity index (χ0v) is 30.6. The lowest BCUT2D eigenvalue weighted by Gasteiger charge is -2.32. The summed E-state index contributed by atoms with van der Waals surface area (Å²) in [7, 11) is 0. The van der Waals surface area contributed by atoms with E-state index in [4.69, 9.17) is 16.2 Å². The molecule has 0 radical (unpaired) electrons. The lowest BCUT2D eigenvalue weighted by atomic mass is 9.84. The summed E-state index contributed by atoms with van der Waals surface area (Å²) in [6.07, 6.45) is 7.69. The molecule has 17 heteroatoms. The first kappa shape index (κ1) is 39.8. The molecule has 1 aliphatic carbocycles. The third-order valence-electron chi connectivity index (χ3n) is 10.2. The van der Waals surface area contributed by atoms with Gasteiger partial charge < -0.3 is 36.8 Å². The number of Topliss-reactive ketones (excluding diaryl/α,β-unsaturated/α-hetero) is 1. The van der Waals surface area contributed by atoms with Gasteiger partial charge in [-0.05, 0) is 57.6 Å². The molecular weight excluding hydrogens is 698 g/mol. The number of hydrogen-bond acceptors (Lipinski definition) is 11. The van der Waals surface area contributed by atoms with Crippen LogP contribution in [0, 0.1) is 5.92 Å². The van der Waals surface area contributed by atoms with Gasteiger partial charge in [-0.2, -0.15) is 0 Å². The fourth-order valence-corrected chi connectivity index (χ4v) is 7.38. The van der Waals surface area contributed by atoms with Crippen molar-refractivity contribution in [2.24, 2.45) is 17.4 Å². The van der Waals surface area contributed by atoms with Crippen LogP contribution in [0.15, 0.2) is 42.7 Å². The van der Waals surface area contributed by atoms with E-state index in [-0.39, 0.29) is 43.9 Å². The number of ether oxygens (including phenoxy) is 1. The topological polar surface area (TPSA) is 255 Å². The van der Waals surface area contributed by atoms with E-state index in [1.165, 1.54) is 22.0 Å². The van der Waals surface area contributed by atoms with Crippen molar-refractivity contribution in [2.45, 2.75) is 108 Å². The van der Waals surface area contributed by atoms with Crippen LogP contribution in [0.1, 0.15) is 100 Å². The van der Waals surface area contributed by atoms with Crippen molar-refractivity contribution in [3.05, 3.63) is 54.0 Å². The zero-order chi connectivity index (χ0) is 39.0. The van der Waals surface area contributed by atoms with Crippen LogP contribution in [-0.4, -0.2) is 96.8 Å². The molecule has 1 aromatic carbocycles. The fraction of sp³-hybridized carbons (Fsp3) is 0.541. The normalized spacial score (nSPS) is 18.8. The van der Waals surface area contributed by atoms with Crippen molar-refractivity contribution in [3.63, 3.8) is 0 Å². The first-order valence-electron chi connectivity index (χ1n) is 18.4. The number of aliphatic hydroxyl groups is 1. The SMILES string of the molecule is CC(C)(O)c1cnnn1[C@H]1C[C@@H](C(=O)NC(CCCCOC(N)=O)C(=O)C(N)=O)N(C(=O)C(CC2CCCCC2)NC(=O)c2cnc3ccccc3c2)C1. The van der Waals surface area contributed by atoms with Gasteiger partial charge in [0.2, 0.25) is 17.6 Å². The van der Waals surface area contributed by atoms with Gasteiger partial charge >= 0.3 is 6.09 Å². The maximum atomic E-state index is 14.8. The Kier molecular flexibility index (Phi) is 12.9. The number of aromatic nitrogens is 4. The number of nitrogens with two attached hydrogens (primary N) is 2. The molecule has 3 aromatic rings. The molecule has 290 valence electrons. The minimum atomic E-state index is -1.36. The average molecular weight is 748 g/mol. The zero-order valence-electron chi connectivity index (χ0n) is 30.6. The summed E-state index contributed by atoms with van der Waals surface area (Å²) in [6, 6.07) is 4.94. The van der Waals surface area contributed by atoms with Gasteiger partial charge in [-0.25, -0.2) is 9.48 Å². The standard InChI is InChI=1S/C37H49N9O8/c1-37(2,53)30-20-41-44-46(30)25-18-29(34(50)42-27(31(47)32(38)48)14-8-9-15-54-36(39)52)45(21-25)35(51)28(16-22-10-4-3-5-11-22)43-33(49)24-17-23-12-6-7-13-26(23)40-19-24/h6-7,12-13,17,19-20,22,25,27-29,53H,3-5,8-11,14-16,18,21H2,1-2H3,(H2,38,48)(H2,39,52)(H,42,50)(H,43,49)/t25-,27?,28?,29-/m0/s1. The number of likely N-dealkylation sites (tertiary alicyclic amines) is 1. The van der Waals surface area contributed by atoms with Gasteiger partial charge in [0.1, 0.15) is 17.7 Å². The number of primary amides is 2. The molecule has 0 bridgehead atoms. The molecule has 54 heavy (non-hydrogen) atoms. The Morgan fingerprint density at radius 1 is 1.00 bits per heavy atom. The van der Waals surface area contributed by atoms with Crippen LogP contribution in [0.5, 0.6) is 0 Å². The molecule has 2 aliphatic rings. The van der Waals surface area contributed by atoms with Crippen molar-refractivity contribution in [1.29, 1.82) is 0 Å². The van der Waals surface area contributed by atoms with E-state index in [2.05, 4.69) is 25.9 Å². The van der Waals surface area contributed by atoms with E-state index in [9.17, 15) is 33.9 Å². The molecule has 3 heterocycles. The van der Waals surface area contributed by atoms with E-state index >= 15 is 0 Å². The summed E-state index contributed by atoms with van der Waals surface area (Å²) >= 11 is 0. The molecule has 2 fully saturated rings. The summed E-state index contributed by atoms with van der Waals surface area (Å²) < 4.78 is 6.21. The van der Waals surface area contributed by atoms with Gasteiger partial charge in [-0.3, -0.25) is 29.0 Å². The number of para-hydroxylation sites is 1. The Bertz CT molecular complexity index is 1850. The second kappa shape index (κ2) is 17.6. The van der Waals surface area contributed by atoms with Gasteiger partial charge in [0.25, 0.3) is 11.8 Å². The first-order valence-corrected chi connectivity index (χ1v) is 18.4. The van der Waals surface area contributed by atoms with Crippen molar-refractivity contribution >= 4 is 46.4 Å². The number of carbonyl (C=O) groups is 6. The highest BCUT2D eigenvalue weighted by Crippen LogP contribution is 2.33. The van der Waals surface area contributed by atoms with Crippen LogP contribution in [0.2, 0.25) is 0 Å². The number of nitrogens with zero attached hydrogens (tertiary/aromatic N) is 5. The molecule has 0 spiro atoms. The number of pyridine rings is 1. The molecule has 17 nitrogen and oxygen atoms in total. The van der Waals surface area contributed by atoms with Crippen LogP contribution in [0.3, 0.4) is 0 Å². The molecule has 2 unspecified atom stereocenters. The highest BCUT2D eigenvalue weighted by atomic mass is 16.5. The lowest BCUT2D eigenvalue weighted by Crippen LogP contribution is -2.56. The molecule has 1 saturated carbocycles. The summed E-state index contributed by atoms with van der Waals surface area (Å²) in [4.78, 5) is 84.3. The molecule has 2 aromatic heterocycles. The van der Waals surface area contributed by atoms with Crippen LogP contribution in [0.25, 0.3) is 10.9 Å². The molecular formula is C37H49N9O8. The average Bonchev–Trinajstić information content (AvgIpc) is 3.82. The molecule has 1 saturated heterocycles. The minimum Gasteiger partial charge on any atom is -0.450 e. The summed E-state index contributed by atoms with van der Waals surface area (Å²) in [5.41, 5.74) is 10.3. The van der Waals surface area contributed by atoms with E-state index in [0.29, 0.717) is 24.1 Å². The van der Waals surface area contributed by atoms with E-state index in [0.717, 1.165) is 37.5 Å². The number of rotatable bonds is 16. The molecule has 1 aliphatic heterocycles. The van der Waals surface area contributed by atoms with Crippen LogP contribution < -0.4 is 22.1 Å². The maximum absolute atomic E-state index is 14.8. The molecule has 7 N–H and O–H groups in total. The fourth-order valence-electron chi connectivity index (χ4n) is 7.38. The quantitative estimate of drug-likeness (QED) is 0.104. The van der Waals surface area contributed by atoms with Gasteiger partial charge in [0.05, 0.1) is 41.7 Å². The van der Waals surface area contributed by atoms with E-state index < -0.39 is 65.3 Å². The Hall–Kier alpha value is -5.45. The highest BCUT2D eigenvalue weighted by Gasteiger charge is 2.45. The lowest BCUT2D eigenvalue weighted by molar-refractivity contribution is -0.142. The number of ketones is 1. The van der Waals surface area contributed by atoms with Crippen molar-refractivity contribution in [3.8, 4) is 0 Å². The first-order chi connectivity index (χ1) is 25.7. The highest BCUT2D eigenvalue weighted by molar-refractivity contribution is 6.37. The summed E-state index contributed by atoms with van der Waals surface area (Å²) in [6.45, 7) is 3.07. The van der Waals surface area contributed by atoms with Crippen LogP contribution >= 0.6 is 0 Å². The summed E-state index contributed by atoms with van der Waals surface area (Å²) in [5, 5.41) is 25.4. The molecule has 5 rings (SSSR count). The van der Waals surface area contributed by atoms with E-state index in [1.54, 1.807) is 19.9 Å². The Morgan fingerprint density at radius 2 is 1.74 bits per heavy atom. The number of benzene rings is 1. The monoisotopic (exact) mass is 747 g/mol. The van der Waals surface area contributed by atoms with Crippen LogP contribution in [-0.2, 0) is 29.5 Å². The van der Waals surface area contributed by atoms with Gasteiger partial charge in [-0.1, -0.05) is 55.5 Å². The Morgan fingerprint density at radius 3 is 2.44 bits per heavy atom. The second-order valence-corrected chi connectivity index (χ2v) is 14.7. The Balaban J connectivity index is 1.44. The van der Waals surface area contributed by atoms with Gasteiger partial charge in [-0.15, -0.1) is 5.10 Å². The van der Waals surface area contributed by atoms with Crippen molar-refractivity contribution in [1.82, 2.24) is 35.5 Å². The van der Waals surface area contributed by atoms with E-state index in [1.807, 2.05) is 24.3 Å². The number of nitrogens with one attached hydrogen (secondary N) is 2. The molecule has 5 amide bonds. The third-order valence-corrected chi connectivity index (χ3v) is 10.2. The predicted octanol–water partition coefficient (Wildman–Crippen LogP) is 1.77. The van der Waals surface area contributed by atoms with Gasteiger partial charge in [0, 0.05) is 24.5 Å². The summed E-state index contributed by atoms with van der Waals surface area (Å²) in [5.74, 6) is -3.84. The number of unbranched alkanes of at least 4 members (excludes halogenated alkanes) is 1. The number of amides is 5.